The van der Waals surface area contributed by atoms with E-state index in [1.54, 1.807) is 24.3 Å². The molecule has 0 atom stereocenters. The largest absolute Gasteiger partial charge is 0.505 e. The zero-order chi connectivity index (χ0) is 29.5. The van der Waals surface area contributed by atoms with Crippen molar-refractivity contribution in [3.63, 3.8) is 0 Å². The van der Waals surface area contributed by atoms with Crippen LogP contribution < -0.4 is 11.1 Å². The predicted molar refractivity (Wildman–Crippen MR) is 152 cm³/mol. The van der Waals surface area contributed by atoms with E-state index in [-0.39, 0.29) is 22.0 Å². The first-order valence-electron chi connectivity index (χ1n) is 11.7. The molecule has 0 heterocycles. The van der Waals surface area contributed by atoms with Crippen molar-refractivity contribution < 1.29 is 35.8 Å². The summed E-state index contributed by atoms with van der Waals surface area (Å²) in [6, 6.07) is 20.6. The maximum Gasteiger partial charge on any atom is 0.296 e. The second kappa shape index (κ2) is 10.3. The van der Waals surface area contributed by atoms with Gasteiger partial charge < -0.3 is 16.2 Å². The number of phenols is 1. The third kappa shape index (κ3) is 5.57. The molecular formula is C27H20N4O8S2. The quantitative estimate of drug-likeness (QED) is 0.0964. The van der Waals surface area contributed by atoms with Crippen molar-refractivity contribution in [2.45, 2.75) is 9.79 Å². The topological polar surface area (TPSA) is 209 Å². The third-order valence-corrected chi connectivity index (χ3v) is 7.84. The number of nitrogens with zero attached hydrogens (tertiary/aromatic N) is 2. The summed E-state index contributed by atoms with van der Waals surface area (Å²) in [5, 5.41) is 22.8. The highest BCUT2D eigenvalue weighted by molar-refractivity contribution is 7.86. The Morgan fingerprint density at radius 1 is 0.780 bits per heavy atom. The number of anilines is 2. The monoisotopic (exact) mass is 592 g/mol. The molecule has 0 fully saturated rings. The Balaban J connectivity index is 1.76. The number of nitrogens with two attached hydrogens (primary N) is 1. The van der Waals surface area contributed by atoms with E-state index < -0.39 is 47.4 Å². The maximum atomic E-state index is 13.0. The number of nitrogen functional groups attached to an aromatic ring is 1. The molecule has 0 saturated carbocycles. The lowest BCUT2D eigenvalue weighted by molar-refractivity contribution is 0.102. The Morgan fingerprint density at radius 3 is 2.15 bits per heavy atom. The highest BCUT2D eigenvalue weighted by Gasteiger charge is 2.26. The van der Waals surface area contributed by atoms with Crippen molar-refractivity contribution in [1.82, 2.24) is 0 Å². The average molecular weight is 593 g/mol. The molecule has 6 N–H and O–H groups in total. The molecule has 5 aromatic carbocycles. The fourth-order valence-corrected chi connectivity index (χ4v) is 5.43. The smallest absolute Gasteiger partial charge is 0.296 e. The lowest BCUT2D eigenvalue weighted by Gasteiger charge is -2.15. The standard InChI is InChI=1S/C27H20N4O8S2/c28-18-10-8-16(9-11-18)27(33)29-22-14-19(40(34,35)36)12-17-13-23(41(37,38)39)25(26(32)24(17)22)31-30-21-7-3-5-15-4-1-2-6-20(15)21/h1-14,32H,28H2,(H,29,33)(H,34,35,36)(H,37,38,39)/b31-30+. The molecule has 12 nitrogen and oxygen atoms in total. The molecule has 41 heavy (non-hydrogen) atoms. The minimum atomic E-state index is -5.05. The van der Waals surface area contributed by atoms with Gasteiger partial charge in [0, 0.05) is 22.0 Å². The van der Waals surface area contributed by atoms with Gasteiger partial charge in [0.25, 0.3) is 26.1 Å². The van der Waals surface area contributed by atoms with Gasteiger partial charge in [0.15, 0.2) is 5.75 Å². The second-order valence-electron chi connectivity index (χ2n) is 8.87. The van der Waals surface area contributed by atoms with E-state index in [2.05, 4.69) is 15.5 Å². The first kappa shape index (κ1) is 27.7. The van der Waals surface area contributed by atoms with Crippen LogP contribution in [0, 0.1) is 0 Å². The number of hydrogen-bond acceptors (Lipinski definition) is 9. The zero-order valence-electron chi connectivity index (χ0n) is 20.8. The Hall–Kier alpha value is -4.89. The molecule has 5 rings (SSSR count). The Morgan fingerprint density at radius 2 is 1.46 bits per heavy atom. The number of phenolic OH excluding ortho intramolecular Hbond substituents is 1. The van der Waals surface area contributed by atoms with E-state index >= 15 is 0 Å². The summed E-state index contributed by atoms with van der Waals surface area (Å²) in [5.74, 6) is -1.58. The maximum absolute atomic E-state index is 13.0. The second-order valence-corrected chi connectivity index (χ2v) is 11.7. The van der Waals surface area contributed by atoms with E-state index in [0.29, 0.717) is 16.8 Å². The molecule has 0 aromatic heterocycles. The Kier molecular flexibility index (Phi) is 6.92. The highest BCUT2D eigenvalue weighted by Crippen LogP contribution is 2.45. The van der Waals surface area contributed by atoms with Crippen LogP contribution in [-0.2, 0) is 20.2 Å². The molecule has 5 aromatic rings. The van der Waals surface area contributed by atoms with Crippen LogP contribution in [0.3, 0.4) is 0 Å². The van der Waals surface area contributed by atoms with E-state index in [1.165, 1.54) is 24.3 Å². The molecule has 0 radical (unpaired) electrons. The number of aromatic hydroxyl groups is 1. The summed E-state index contributed by atoms with van der Waals surface area (Å²) in [7, 11) is -9.92. The van der Waals surface area contributed by atoms with Crippen molar-refractivity contribution in [3.05, 3.63) is 90.5 Å². The number of benzene rings is 5. The highest BCUT2D eigenvalue weighted by atomic mass is 32.2. The fourth-order valence-electron chi connectivity index (χ4n) is 4.23. The van der Waals surface area contributed by atoms with Crippen LogP contribution in [-0.4, -0.2) is 37.0 Å². The SMILES string of the molecule is Nc1ccc(C(=O)Nc2cc(S(=O)(=O)O)cc3cc(S(=O)(=O)O)c(/N=N/c4cccc5ccccc45)c(O)c23)cc1. The van der Waals surface area contributed by atoms with Crippen LogP contribution in [0.25, 0.3) is 21.5 Å². The van der Waals surface area contributed by atoms with Gasteiger partial charge in [0.2, 0.25) is 0 Å². The summed E-state index contributed by atoms with van der Waals surface area (Å²) < 4.78 is 68.3. The van der Waals surface area contributed by atoms with Gasteiger partial charge in [-0.3, -0.25) is 13.9 Å². The van der Waals surface area contributed by atoms with E-state index in [0.717, 1.165) is 23.6 Å². The number of carbonyl (C=O) groups excluding carboxylic acids is 1. The van der Waals surface area contributed by atoms with Gasteiger partial charge in [0.05, 0.1) is 16.3 Å². The summed E-state index contributed by atoms with van der Waals surface area (Å²) in [5.41, 5.74) is 5.51. The van der Waals surface area contributed by atoms with Crippen LogP contribution in [0.4, 0.5) is 22.7 Å². The fraction of sp³-hybridized carbons (Fsp3) is 0. The number of fused-ring (bicyclic) bond motifs is 2. The minimum Gasteiger partial charge on any atom is -0.505 e. The molecule has 14 heteroatoms. The molecular weight excluding hydrogens is 572 g/mol. The molecule has 0 aliphatic heterocycles. The van der Waals surface area contributed by atoms with Gasteiger partial charge in [0.1, 0.15) is 10.6 Å². The zero-order valence-corrected chi connectivity index (χ0v) is 22.4. The predicted octanol–water partition coefficient (Wildman–Crippen LogP) is 5.44. The molecule has 208 valence electrons. The molecule has 0 bridgehead atoms. The summed E-state index contributed by atoms with van der Waals surface area (Å²) in [4.78, 5) is 11.4. The summed E-state index contributed by atoms with van der Waals surface area (Å²) >= 11 is 0. The first-order valence-corrected chi connectivity index (χ1v) is 14.6. The molecule has 0 aliphatic carbocycles. The minimum absolute atomic E-state index is 0.120. The van der Waals surface area contributed by atoms with E-state index in [1.807, 2.05) is 18.2 Å². The van der Waals surface area contributed by atoms with Crippen LogP contribution in [0.15, 0.2) is 105 Å². The van der Waals surface area contributed by atoms with Crippen molar-refractivity contribution in [1.29, 1.82) is 0 Å². The summed E-state index contributed by atoms with van der Waals surface area (Å²) in [6.45, 7) is 0. The Bertz CT molecular complexity index is 2110. The van der Waals surface area contributed by atoms with Gasteiger partial charge in [-0.15, -0.1) is 10.2 Å². The average Bonchev–Trinajstić information content (AvgIpc) is 2.91. The first-order chi connectivity index (χ1) is 19.3. The van der Waals surface area contributed by atoms with E-state index in [4.69, 9.17) is 5.73 Å². The van der Waals surface area contributed by atoms with Crippen LogP contribution in [0.2, 0.25) is 0 Å². The lowest BCUT2D eigenvalue weighted by atomic mass is 10.1. The van der Waals surface area contributed by atoms with Gasteiger partial charge >= 0.3 is 0 Å². The van der Waals surface area contributed by atoms with Crippen molar-refractivity contribution in [2.24, 2.45) is 10.2 Å². The molecule has 0 saturated heterocycles. The normalized spacial score (nSPS) is 12.2. The number of nitrogens with one attached hydrogen (secondary N) is 1. The Labute approximate surface area is 233 Å². The van der Waals surface area contributed by atoms with Gasteiger partial charge in [-0.25, -0.2) is 0 Å². The lowest BCUT2D eigenvalue weighted by Crippen LogP contribution is -2.13. The number of carbonyl (C=O) groups is 1. The third-order valence-electron chi connectivity index (χ3n) is 6.14. The van der Waals surface area contributed by atoms with Crippen LogP contribution >= 0.6 is 0 Å². The molecule has 0 unspecified atom stereocenters. The number of hydrogen-bond donors (Lipinski definition) is 5. The molecule has 0 aliphatic rings. The van der Waals surface area contributed by atoms with Crippen LogP contribution in [0.5, 0.6) is 5.75 Å². The van der Waals surface area contributed by atoms with Crippen LogP contribution in [0.1, 0.15) is 10.4 Å². The van der Waals surface area contributed by atoms with Crippen molar-refractivity contribution in [2.75, 3.05) is 11.1 Å². The van der Waals surface area contributed by atoms with Crippen molar-refractivity contribution >= 4 is 70.4 Å². The van der Waals surface area contributed by atoms with Gasteiger partial charge in [-0.1, -0.05) is 36.4 Å². The van der Waals surface area contributed by atoms with E-state index in [9.17, 15) is 35.8 Å². The number of azo groups is 1. The van der Waals surface area contributed by atoms with Gasteiger partial charge in [-0.2, -0.15) is 16.8 Å². The molecule has 1 amide bonds. The number of amides is 1. The summed E-state index contributed by atoms with van der Waals surface area (Å²) in [6.07, 6.45) is 0. The number of rotatable bonds is 6. The van der Waals surface area contributed by atoms with Gasteiger partial charge in [-0.05, 0) is 59.3 Å². The molecule has 0 spiro atoms. The van der Waals surface area contributed by atoms with Crippen molar-refractivity contribution in [3.8, 4) is 5.75 Å².